The second-order valence-electron chi connectivity index (χ2n) is 6.53. The van der Waals surface area contributed by atoms with Gasteiger partial charge in [-0.2, -0.15) is 0 Å². The number of carbonyl (C=O) groups excluding carboxylic acids is 1. The zero-order valence-corrected chi connectivity index (χ0v) is 18.2. The first-order valence-electron chi connectivity index (χ1n) is 8.77. The van der Waals surface area contributed by atoms with Gasteiger partial charge in [0.15, 0.2) is 5.75 Å². The molecule has 28 heavy (non-hydrogen) atoms. The van der Waals surface area contributed by atoms with Gasteiger partial charge in [0.2, 0.25) is 0 Å². The lowest BCUT2D eigenvalue weighted by atomic mass is 10.1. The lowest BCUT2D eigenvalue weighted by molar-refractivity contribution is 0.0507. The fraction of sp³-hybridized carbons (Fsp3) is 0.350. The van der Waals surface area contributed by atoms with Crippen LogP contribution in [-0.4, -0.2) is 37.2 Å². The Morgan fingerprint density at radius 1 is 1.14 bits per heavy atom. The lowest BCUT2D eigenvalue weighted by Crippen LogP contribution is -2.37. The summed E-state index contributed by atoms with van der Waals surface area (Å²) in [5.74, 6) is 0.124. The number of ether oxygens (including phenoxy) is 2. The van der Waals surface area contributed by atoms with Gasteiger partial charge in [-0.3, -0.25) is 4.79 Å². The van der Waals surface area contributed by atoms with Crippen LogP contribution < -0.4 is 4.74 Å². The molecule has 1 fully saturated rings. The highest BCUT2D eigenvalue weighted by atomic mass is 35.5. The van der Waals surface area contributed by atoms with E-state index in [2.05, 4.69) is 0 Å². The minimum atomic E-state index is -0.215. The number of hydrogen-bond donors (Lipinski definition) is 0. The average molecular weight is 463 g/mol. The normalized spacial score (nSPS) is 16.2. The van der Waals surface area contributed by atoms with E-state index in [0.717, 1.165) is 18.4 Å². The molecule has 1 saturated heterocycles. The third kappa shape index (κ3) is 5.05. The third-order valence-electron chi connectivity index (χ3n) is 4.56. The molecule has 150 valence electrons. The van der Waals surface area contributed by atoms with Crippen molar-refractivity contribution in [3.05, 3.63) is 61.5 Å². The van der Waals surface area contributed by atoms with Crippen LogP contribution in [-0.2, 0) is 11.3 Å². The summed E-state index contributed by atoms with van der Waals surface area (Å²) in [4.78, 5) is 15.0. The zero-order chi connectivity index (χ0) is 20.3. The summed E-state index contributed by atoms with van der Waals surface area (Å²) in [5, 5.41) is 1.60. The first-order valence-corrected chi connectivity index (χ1v) is 10.3. The van der Waals surface area contributed by atoms with Crippen LogP contribution in [0.5, 0.6) is 5.75 Å². The molecule has 1 amide bonds. The minimum Gasteiger partial charge on any atom is -0.494 e. The Labute approximate surface area is 184 Å². The SMILES string of the molecule is COc1c(Cl)cc(C(=O)N(Cc2ccc(Cl)cc2Cl)CC2CCCO2)cc1Cl. The highest BCUT2D eigenvalue weighted by molar-refractivity contribution is 6.37. The van der Waals surface area contributed by atoms with Crippen LogP contribution in [0.25, 0.3) is 0 Å². The third-order valence-corrected chi connectivity index (χ3v) is 5.71. The van der Waals surface area contributed by atoms with Crippen molar-refractivity contribution in [1.82, 2.24) is 4.90 Å². The number of halogens is 4. The minimum absolute atomic E-state index is 0.0146. The molecule has 1 unspecified atom stereocenters. The van der Waals surface area contributed by atoms with Gasteiger partial charge in [0.25, 0.3) is 5.91 Å². The molecule has 2 aromatic carbocycles. The van der Waals surface area contributed by atoms with Crippen LogP contribution >= 0.6 is 46.4 Å². The molecule has 1 atom stereocenters. The Balaban J connectivity index is 1.90. The van der Waals surface area contributed by atoms with E-state index in [0.29, 0.717) is 41.1 Å². The van der Waals surface area contributed by atoms with Crippen molar-refractivity contribution in [2.24, 2.45) is 0 Å². The van der Waals surface area contributed by atoms with E-state index in [4.69, 9.17) is 55.9 Å². The molecular formula is C20H19Cl4NO3. The Bertz CT molecular complexity index is 846. The zero-order valence-electron chi connectivity index (χ0n) is 15.2. The van der Waals surface area contributed by atoms with Crippen LogP contribution in [0.1, 0.15) is 28.8 Å². The van der Waals surface area contributed by atoms with Gasteiger partial charge in [0, 0.05) is 35.3 Å². The van der Waals surface area contributed by atoms with E-state index in [1.807, 2.05) is 6.07 Å². The van der Waals surface area contributed by atoms with E-state index in [-0.39, 0.29) is 22.1 Å². The van der Waals surface area contributed by atoms with E-state index < -0.39 is 0 Å². The Morgan fingerprint density at radius 2 is 1.86 bits per heavy atom. The molecule has 8 heteroatoms. The van der Waals surface area contributed by atoms with Crippen molar-refractivity contribution >= 4 is 52.3 Å². The fourth-order valence-electron chi connectivity index (χ4n) is 3.17. The molecule has 1 aliphatic heterocycles. The molecule has 0 spiro atoms. The van der Waals surface area contributed by atoms with Gasteiger partial charge in [-0.25, -0.2) is 0 Å². The predicted molar refractivity (Wildman–Crippen MR) is 113 cm³/mol. The molecule has 3 rings (SSSR count). The van der Waals surface area contributed by atoms with Crippen molar-refractivity contribution in [2.45, 2.75) is 25.5 Å². The second-order valence-corrected chi connectivity index (χ2v) is 8.19. The molecule has 0 N–H and O–H groups in total. The van der Waals surface area contributed by atoms with Gasteiger partial charge in [0.1, 0.15) is 0 Å². The number of hydrogen-bond acceptors (Lipinski definition) is 3. The topological polar surface area (TPSA) is 38.8 Å². The number of amides is 1. The Hall–Kier alpha value is -1.17. The van der Waals surface area contributed by atoms with Crippen LogP contribution in [0.4, 0.5) is 0 Å². The maximum atomic E-state index is 13.3. The Kier molecular flexibility index (Phi) is 7.35. The van der Waals surface area contributed by atoms with E-state index in [1.165, 1.54) is 7.11 Å². The van der Waals surface area contributed by atoms with Crippen molar-refractivity contribution in [2.75, 3.05) is 20.3 Å². The van der Waals surface area contributed by atoms with Crippen LogP contribution in [0.3, 0.4) is 0 Å². The molecule has 0 aliphatic carbocycles. The van der Waals surface area contributed by atoms with Gasteiger partial charge in [0.05, 0.1) is 23.3 Å². The first-order chi connectivity index (χ1) is 13.4. The maximum absolute atomic E-state index is 13.3. The van der Waals surface area contributed by atoms with E-state index >= 15 is 0 Å². The highest BCUT2D eigenvalue weighted by Gasteiger charge is 2.25. The Morgan fingerprint density at radius 3 is 2.43 bits per heavy atom. The van der Waals surface area contributed by atoms with Crippen molar-refractivity contribution < 1.29 is 14.3 Å². The van der Waals surface area contributed by atoms with Crippen LogP contribution in [0.2, 0.25) is 20.1 Å². The number of nitrogens with zero attached hydrogens (tertiary/aromatic N) is 1. The maximum Gasteiger partial charge on any atom is 0.254 e. The van der Waals surface area contributed by atoms with Gasteiger partial charge >= 0.3 is 0 Å². The summed E-state index contributed by atoms with van der Waals surface area (Å²) in [5.41, 5.74) is 1.17. The predicted octanol–water partition coefficient (Wildman–Crippen LogP) is 6.13. The molecule has 0 radical (unpaired) electrons. The smallest absolute Gasteiger partial charge is 0.254 e. The van der Waals surface area contributed by atoms with Crippen molar-refractivity contribution in [3.63, 3.8) is 0 Å². The summed E-state index contributed by atoms with van der Waals surface area (Å²) in [7, 11) is 1.47. The van der Waals surface area contributed by atoms with Crippen molar-refractivity contribution in [1.29, 1.82) is 0 Å². The van der Waals surface area contributed by atoms with Crippen molar-refractivity contribution in [3.8, 4) is 5.75 Å². The molecule has 4 nitrogen and oxygen atoms in total. The number of rotatable bonds is 6. The standard InChI is InChI=1S/C20H19Cl4NO3/c1-27-19-17(23)7-13(8-18(19)24)20(26)25(11-15-3-2-6-28-15)10-12-4-5-14(21)9-16(12)22/h4-5,7-9,15H,2-3,6,10-11H2,1H3. The molecule has 1 aliphatic rings. The van der Waals surface area contributed by atoms with Crippen LogP contribution in [0, 0.1) is 0 Å². The van der Waals surface area contributed by atoms with Gasteiger partial charge in [-0.15, -0.1) is 0 Å². The summed E-state index contributed by atoms with van der Waals surface area (Å²) in [6.45, 7) is 1.46. The molecule has 0 saturated carbocycles. The molecule has 1 heterocycles. The average Bonchev–Trinajstić information content (AvgIpc) is 3.15. The first kappa shape index (κ1) is 21.5. The number of benzene rings is 2. The number of methoxy groups -OCH3 is 1. The largest absolute Gasteiger partial charge is 0.494 e. The monoisotopic (exact) mass is 461 g/mol. The van der Waals surface area contributed by atoms with E-state index in [9.17, 15) is 4.79 Å². The molecular weight excluding hydrogens is 444 g/mol. The summed E-state index contributed by atoms with van der Waals surface area (Å²) >= 11 is 24.7. The highest BCUT2D eigenvalue weighted by Crippen LogP contribution is 2.34. The van der Waals surface area contributed by atoms with Gasteiger partial charge in [-0.1, -0.05) is 52.5 Å². The summed E-state index contributed by atoms with van der Waals surface area (Å²) in [6.07, 6.45) is 1.87. The molecule has 0 aromatic heterocycles. The van der Waals surface area contributed by atoms with Crippen LogP contribution in [0.15, 0.2) is 30.3 Å². The molecule has 2 aromatic rings. The number of carbonyl (C=O) groups is 1. The fourth-order valence-corrected chi connectivity index (χ4v) is 4.28. The molecule has 0 bridgehead atoms. The van der Waals surface area contributed by atoms with Gasteiger partial charge in [-0.05, 0) is 42.7 Å². The second kappa shape index (κ2) is 9.55. The quantitative estimate of drug-likeness (QED) is 0.518. The lowest BCUT2D eigenvalue weighted by Gasteiger charge is -2.26. The van der Waals surface area contributed by atoms with E-state index in [1.54, 1.807) is 29.2 Å². The summed E-state index contributed by atoms with van der Waals surface area (Å²) in [6, 6.07) is 8.34. The van der Waals surface area contributed by atoms with Gasteiger partial charge < -0.3 is 14.4 Å². The summed E-state index contributed by atoms with van der Waals surface area (Å²) < 4.78 is 10.9.